The quantitative estimate of drug-likeness (QED) is 0.266. The molecule has 0 saturated heterocycles. The molecule has 0 amide bonds. The van der Waals surface area contributed by atoms with Crippen molar-refractivity contribution < 1.29 is 14.3 Å². The number of ether oxygens (including phenoxy) is 1. The van der Waals surface area contributed by atoms with Gasteiger partial charge >= 0.3 is 11.9 Å². The number of carbonyl (C=O) groups is 2. The summed E-state index contributed by atoms with van der Waals surface area (Å²) >= 11 is 0. The van der Waals surface area contributed by atoms with E-state index in [2.05, 4.69) is 54.0 Å². The van der Waals surface area contributed by atoms with Crippen LogP contribution in [-0.2, 0) is 4.74 Å². The molecular weight excluding hydrogens is 324 g/mol. The fourth-order valence-corrected chi connectivity index (χ4v) is 2.45. The highest BCUT2D eigenvalue weighted by molar-refractivity contribution is 6.15. The van der Waals surface area contributed by atoms with Gasteiger partial charge in [-0.3, -0.25) is 0 Å². The maximum Gasteiger partial charge on any atom is 0.348 e. The summed E-state index contributed by atoms with van der Waals surface area (Å²) in [6.07, 6.45) is 5.16. The summed E-state index contributed by atoms with van der Waals surface area (Å²) in [6, 6.07) is 23.5. The molecule has 3 aliphatic rings. The van der Waals surface area contributed by atoms with Crippen molar-refractivity contribution in [1.29, 1.82) is 0 Å². The van der Waals surface area contributed by atoms with Crippen molar-refractivity contribution in [3.8, 4) is 23.5 Å². The van der Waals surface area contributed by atoms with Crippen LogP contribution in [0.1, 0.15) is 31.8 Å². The number of hydrogen-bond donors (Lipinski definition) is 0. The van der Waals surface area contributed by atoms with Gasteiger partial charge in [0.05, 0.1) is 11.1 Å². The second-order valence-corrected chi connectivity index (χ2v) is 5.78. The van der Waals surface area contributed by atoms with E-state index >= 15 is 0 Å². The van der Waals surface area contributed by atoms with Crippen LogP contribution < -0.4 is 0 Å². The Bertz CT molecular complexity index is 973. The Labute approximate surface area is 152 Å². The van der Waals surface area contributed by atoms with E-state index in [0.717, 1.165) is 0 Å². The zero-order valence-corrected chi connectivity index (χ0v) is 14.2. The van der Waals surface area contributed by atoms with Crippen LogP contribution in [0.4, 0.5) is 0 Å². The number of fused-ring (bicyclic) bond motifs is 2. The van der Waals surface area contributed by atoms with Gasteiger partial charge in [0, 0.05) is 5.56 Å². The van der Waals surface area contributed by atoms with Crippen molar-refractivity contribution in [3.63, 3.8) is 0 Å². The predicted molar refractivity (Wildman–Crippen MR) is 101 cm³/mol. The highest BCUT2D eigenvalue weighted by Gasteiger charge is 2.31. The first-order chi connectivity index (χ1) is 12.6. The lowest BCUT2D eigenvalue weighted by molar-refractivity contribution is 0.0443. The molecule has 126 valence electrons. The number of carbonyl (C=O) groups excluding carboxylic acids is 2. The van der Waals surface area contributed by atoms with Crippen LogP contribution in [0.25, 0.3) is 11.1 Å². The molecule has 2 aliphatic carbocycles. The van der Waals surface area contributed by atoms with Gasteiger partial charge in [-0.2, -0.15) is 0 Å². The number of esters is 2. The largest absolute Gasteiger partial charge is 0.386 e. The van der Waals surface area contributed by atoms with E-state index < -0.39 is 11.9 Å². The van der Waals surface area contributed by atoms with Crippen molar-refractivity contribution >= 4 is 11.9 Å². The maximum atomic E-state index is 11.1. The highest BCUT2D eigenvalue weighted by Crippen LogP contribution is 2.29. The summed E-state index contributed by atoms with van der Waals surface area (Å²) in [5, 5.41) is 0. The van der Waals surface area contributed by atoms with Gasteiger partial charge in [0.25, 0.3) is 0 Å². The van der Waals surface area contributed by atoms with Crippen LogP contribution in [0, 0.1) is 19.3 Å². The smallest absolute Gasteiger partial charge is 0.348 e. The first kappa shape index (κ1) is 17.2. The summed E-state index contributed by atoms with van der Waals surface area (Å²) in [5.74, 6) is 1.04. The molecule has 1 aliphatic heterocycles. The second kappa shape index (κ2) is 7.50. The summed E-state index contributed by atoms with van der Waals surface area (Å²) in [4.78, 5) is 22.1. The van der Waals surface area contributed by atoms with Crippen molar-refractivity contribution in [3.05, 3.63) is 95.1 Å². The highest BCUT2D eigenvalue weighted by atomic mass is 16.6. The van der Waals surface area contributed by atoms with Crippen LogP contribution in [0.2, 0.25) is 0 Å². The Morgan fingerprint density at radius 2 is 1.38 bits per heavy atom. The molecule has 3 nitrogen and oxygen atoms in total. The van der Waals surface area contributed by atoms with Crippen LogP contribution in [0.3, 0.4) is 0 Å². The Morgan fingerprint density at radius 3 is 1.81 bits per heavy atom. The molecule has 0 radical (unpaired) electrons. The molecule has 5 rings (SSSR count). The van der Waals surface area contributed by atoms with Crippen LogP contribution in [0.5, 0.6) is 0 Å². The average Bonchev–Trinajstić information content (AvgIpc) is 2.94. The molecule has 0 atom stereocenters. The summed E-state index contributed by atoms with van der Waals surface area (Å²) in [7, 11) is 0. The van der Waals surface area contributed by atoms with E-state index in [9.17, 15) is 9.59 Å². The molecule has 0 spiro atoms. The number of benzene rings is 3. The second-order valence-electron chi connectivity index (χ2n) is 5.78. The molecule has 0 aromatic heterocycles. The minimum atomic E-state index is -0.659. The molecular formula is C23H16O3. The topological polar surface area (TPSA) is 43.4 Å². The van der Waals surface area contributed by atoms with Gasteiger partial charge in [-0.15, -0.1) is 6.42 Å². The van der Waals surface area contributed by atoms with Gasteiger partial charge < -0.3 is 4.74 Å². The molecule has 0 fully saturated rings. The predicted octanol–water partition coefficient (Wildman–Crippen LogP) is 4.64. The van der Waals surface area contributed by atoms with Crippen molar-refractivity contribution in [2.45, 2.75) is 6.92 Å². The Kier molecular flexibility index (Phi) is 4.96. The Morgan fingerprint density at radius 1 is 0.769 bits per heavy atom. The van der Waals surface area contributed by atoms with E-state index in [1.807, 2.05) is 18.2 Å². The lowest BCUT2D eigenvalue weighted by atomic mass is 9.95. The minimum Gasteiger partial charge on any atom is -0.386 e. The van der Waals surface area contributed by atoms with Crippen molar-refractivity contribution in [2.75, 3.05) is 0 Å². The van der Waals surface area contributed by atoms with E-state index in [1.54, 1.807) is 12.1 Å². The monoisotopic (exact) mass is 340 g/mol. The standard InChI is InChI=1S/C10H4O3.C7H8.C6H4/c1-2-6-4-3-5-7-8(6)10(12)13-9(7)11;1-7-5-3-2-4-6-7;1-2-6-4-3-5(1)6/h1,3-5H;2-6H,1H3;1-4H. The molecule has 2 aromatic carbocycles. The summed E-state index contributed by atoms with van der Waals surface area (Å²) in [6.45, 7) is 2.08. The van der Waals surface area contributed by atoms with Gasteiger partial charge in [0.1, 0.15) is 0 Å². The molecule has 3 heteroatoms. The van der Waals surface area contributed by atoms with Crippen LogP contribution >= 0.6 is 0 Å². The molecule has 26 heavy (non-hydrogen) atoms. The van der Waals surface area contributed by atoms with Crippen molar-refractivity contribution in [1.82, 2.24) is 0 Å². The fourth-order valence-electron chi connectivity index (χ4n) is 2.45. The third-order valence-electron chi connectivity index (χ3n) is 3.99. The minimum absolute atomic E-state index is 0.204. The maximum absolute atomic E-state index is 11.1. The first-order valence-corrected chi connectivity index (χ1v) is 8.08. The van der Waals surface area contributed by atoms with Gasteiger partial charge in [0.15, 0.2) is 0 Å². The first-order valence-electron chi connectivity index (χ1n) is 8.08. The van der Waals surface area contributed by atoms with Gasteiger partial charge in [0.2, 0.25) is 0 Å². The zero-order chi connectivity index (χ0) is 18.5. The average molecular weight is 340 g/mol. The number of terminal acetylenes is 1. The van der Waals surface area contributed by atoms with E-state index in [1.165, 1.54) is 22.8 Å². The number of aryl methyl sites for hydroxylation is 1. The van der Waals surface area contributed by atoms with Gasteiger partial charge in [-0.25, -0.2) is 9.59 Å². The summed E-state index contributed by atoms with van der Waals surface area (Å²) in [5.41, 5.74) is 5.02. The Hall–Kier alpha value is -3.64. The molecule has 2 aromatic rings. The number of cyclic esters (lactones) is 2. The van der Waals surface area contributed by atoms with Crippen molar-refractivity contribution in [2.24, 2.45) is 0 Å². The number of rotatable bonds is 0. The third kappa shape index (κ3) is 3.55. The molecule has 0 saturated carbocycles. The summed E-state index contributed by atoms with van der Waals surface area (Å²) < 4.78 is 4.40. The van der Waals surface area contributed by atoms with Gasteiger partial charge in [-0.1, -0.05) is 72.1 Å². The van der Waals surface area contributed by atoms with Crippen LogP contribution in [-0.4, -0.2) is 11.9 Å². The molecule has 1 heterocycles. The number of hydrogen-bond acceptors (Lipinski definition) is 3. The molecule has 0 N–H and O–H groups in total. The lowest BCUT2D eigenvalue weighted by Crippen LogP contribution is -1.98. The van der Waals surface area contributed by atoms with Crippen LogP contribution in [0.15, 0.2) is 72.8 Å². The van der Waals surface area contributed by atoms with E-state index in [0.29, 0.717) is 5.56 Å². The zero-order valence-electron chi connectivity index (χ0n) is 14.2. The molecule has 0 unspecified atom stereocenters. The lowest BCUT2D eigenvalue weighted by Gasteiger charge is -2.10. The fraction of sp³-hybridized carbons (Fsp3) is 0.0435. The molecule has 0 bridgehead atoms. The van der Waals surface area contributed by atoms with E-state index in [4.69, 9.17) is 6.42 Å². The SMILES string of the molecule is C#Cc1cccc2c1C(=O)OC2=O.Cc1ccccc1.c1cc2ccc1-2. The van der Waals surface area contributed by atoms with E-state index in [-0.39, 0.29) is 11.1 Å². The third-order valence-corrected chi connectivity index (χ3v) is 3.99. The normalized spacial score (nSPS) is 11.7. The van der Waals surface area contributed by atoms with Gasteiger partial charge in [-0.05, 0) is 30.2 Å². The Balaban J connectivity index is 0.000000126.